The van der Waals surface area contributed by atoms with Crippen LogP contribution in [0.3, 0.4) is 0 Å². The summed E-state index contributed by atoms with van der Waals surface area (Å²) in [6, 6.07) is 5.75. The third-order valence-corrected chi connectivity index (χ3v) is 5.95. The number of thiophene rings is 1. The Balaban J connectivity index is 1.61. The molecule has 32 heavy (non-hydrogen) atoms. The summed E-state index contributed by atoms with van der Waals surface area (Å²) in [5.41, 5.74) is 1.66. The smallest absolute Gasteiger partial charge is 0.341 e. The molecule has 0 radical (unpaired) electrons. The predicted octanol–water partition coefficient (Wildman–Crippen LogP) is 3.91. The number of fused-ring (bicyclic) bond motifs is 1. The molecule has 0 aliphatic heterocycles. The number of nitrogens with zero attached hydrogens (tertiary/aromatic N) is 1. The number of amides is 1. The van der Waals surface area contributed by atoms with Crippen molar-refractivity contribution < 1.29 is 28.8 Å². The topological polar surface area (TPSA) is 125 Å². The van der Waals surface area contributed by atoms with Gasteiger partial charge in [-0.05, 0) is 49.8 Å². The molecule has 1 aliphatic carbocycles. The van der Waals surface area contributed by atoms with Crippen LogP contribution in [0, 0.1) is 10.1 Å². The second-order valence-corrected chi connectivity index (χ2v) is 8.08. The van der Waals surface area contributed by atoms with Crippen molar-refractivity contribution in [1.29, 1.82) is 0 Å². The normalized spacial score (nSPS) is 12.8. The molecule has 3 rings (SSSR count). The summed E-state index contributed by atoms with van der Waals surface area (Å²) in [7, 11) is 0. The fourth-order valence-electron chi connectivity index (χ4n) is 3.33. The minimum atomic E-state index is -0.775. The summed E-state index contributed by atoms with van der Waals surface area (Å²) in [4.78, 5) is 48.0. The van der Waals surface area contributed by atoms with E-state index in [9.17, 15) is 24.5 Å². The molecule has 10 heteroatoms. The highest BCUT2D eigenvalue weighted by molar-refractivity contribution is 7.17. The molecule has 0 saturated carbocycles. The molecule has 1 aromatic carbocycles. The zero-order valence-electron chi connectivity index (χ0n) is 17.4. The number of hydrogen-bond acceptors (Lipinski definition) is 8. The summed E-state index contributed by atoms with van der Waals surface area (Å²) >= 11 is 1.35. The van der Waals surface area contributed by atoms with Crippen LogP contribution in [0.1, 0.15) is 46.1 Å². The molecule has 168 valence electrons. The number of nitro benzene ring substituents is 1. The maximum Gasteiger partial charge on any atom is 0.341 e. The van der Waals surface area contributed by atoms with Crippen molar-refractivity contribution in [3.05, 3.63) is 62.0 Å². The number of hydrogen-bond donors (Lipinski definition) is 1. The zero-order valence-corrected chi connectivity index (χ0v) is 18.2. The average Bonchev–Trinajstić information content (AvgIpc) is 3.14. The molecule has 9 nitrogen and oxygen atoms in total. The van der Waals surface area contributed by atoms with Crippen molar-refractivity contribution in [3.8, 4) is 0 Å². The molecule has 1 N–H and O–H groups in total. The van der Waals surface area contributed by atoms with Crippen LogP contribution in [0.5, 0.6) is 0 Å². The third-order valence-electron chi connectivity index (χ3n) is 4.74. The van der Waals surface area contributed by atoms with E-state index >= 15 is 0 Å². The Kier molecular flexibility index (Phi) is 7.72. The van der Waals surface area contributed by atoms with E-state index in [-0.39, 0.29) is 12.3 Å². The van der Waals surface area contributed by atoms with Crippen molar-refractivity contribution in [1.82, 2.24) is 0 Å². The van der Waals surface area contributed by atoms with Gasteiger partial charge < -0.3 is 14.8 Å². The second-order valence-electron chi connectivity index (χ2n) is 6.98. The van der Waals surface area contributed by atoms with Gasteiger partial charge in [-0.25, -0.2) is 9.59 Å². The Labute approximate surface area is 188 Å². The Morgan fingerprint density at radius 2 is 2.00 bits per heavy atom. The lowest BCUT2D eigenvalue weighted by Crippen LogP contribution is -2.21. The number of nitrogens with one attached hydrogen (secondary N) is 1. The SMILES string of the molecule is CCOC(=O)c1c(NC(=O)COC(=O)C=Cc2cccc([N+](=O)[O-])c2)sc2c1CCCC2. The number of ether oxygens (including phenoxy) is 2. The highest BCUT2D eigenvalue weighted by atomic mass is 32.1. The van der Waals surface area contributed by atoms with Gasteiger partial charge in [0.1, 0.15) is 5.00 Å². The quantitative estimate of drug-likeness (QED) is 0.275. The van der Waals surface area contributed by atoms with Gasteiger partial charge in [0, 0.05) is 23.1 Å². The van der Waals surface area contributed by atoms with Crippen molar-refractivity contribution in [2.24, 2.45) is 0 Å². The largest absolute Gasteiger partial charge is 0.462 e. The van der Waals surface area contributed by atoms with Crippen LogP contribution in [0.4, 0.5) is 10.7 Å². The van der Waals surface area contributed by atoms with E-state index in [4.69, 9.17) is 9.47 Å². The van der Waals surface area contributed by atoms with Gasteiger partial charge in [-0.1, -0.05) is 12.1 Å². The molecule has 1 aromatic heterocycles. The molecule has 1 amide bonds. The van der Waals surface area contributed by atoms with Gasteiger partial charge in [-0.3, -0.25) is 14.9 Å². The summed E-state index contributed by atoms with van der Waals surface area (Å²) < 4.78 is 10.1. The average molecular weight is 458 g/mol. The van der Waals surface area contributed by atoms with Gasteiger partial charge >= 0.3 is 11.9 Å². The van der Waals surface area contributed by atoms with E-state index in [1.165, 1.54) is 35.6 Å². The molecule has 0 unspecified atom stereocenters. The second kappa shape index (κ2) is 10.7. The van der Waals surface area contributed by atoms with Gasteiger partial charge in [0.15, 0.2) is 6.61 Å². The highest BCUT2D eigenvalue weighted by Crippen LogP contribution is 2.38. The molecule has 1 heterocycles. The Morgan fingerprint density at radius 3 is 2.75 bits per heavy atom. The Bertz CT molecular complexity index is 1070. The number of aryl methyl sites for hydroxylation is 1. The van der Waals surface area contributed by atoms with Gasteiger partial charge in [0.2, 0.25) is 0 Å². The number of benzene rings is 1. The van der Waals surface area contributed by atoms with Crippen LogP contribution in [0.25, 0.3) is 6.08 Å². The highest BCUT2D eigenvalue weighted by Gasteiger charge is 2.27. The molecule has 2 aromatic rings. The van der Waals surface area contributed by atoms with Gasteiger partial charge in [0.25, 0.3) is 11.6 Å². The number of nitro groups is 1. The number of esters is 2. The number of non-ortho nitro benzene ring substituents is 1. The fraction of sp³-hybridized carbons (Fsp3) is 0.318. The van der Waals surface area contributed by atoms with Crippen molar-refractivity contribution in [2.45, 2.75) is 32.6 Å². The van der Waals surface area contributed by atoms with E-state index in [1.54, 1.807) is 13.0 Å². The molecule has 0 atom stereocenters. The van der Waals surface area contributed by atoms with Crippen molar-refractivity contribution in [2.75, 3.05) is 18.5 Å². The molecular formula is C22H22N2O7S. The van der Waals surface area contributed by atoms with E-state index in [0.29, 0.717) is 16.1 Å². The van der Waals surface area contributed by atoms with Crippen molar-refractivity contribution in [3.63, 3.8) is 0 Å². The van der Waals surface area contributed by atoms with Crippen LogP contribution in [0.2, 0.25) is 0 Å². The molecular weight excluding hydrogens is 436 g/mol. The van der Waals surface area contributed by atoms with Gasteiger partial charge in [-0.2, -0.15) is 0 Å². The van der Waals surface area contributed by atoms with Gasteiger partial charge in [-0.15, -0.1) is 11.3 Å². The number of anilines is 1. The van der Waals surface area contributed by atoms with E-state index in [1.807, 2.05) is 0 Å². The van der Waals surface area contributed by atoms with E-state index in [2.05, 4.69) is 5.32 Å². The summed E-state index contributed by atoms with van der Waals surface area (Å²) in [6.45, 7) is 1.41. The maximum atomic E-state index is 12.4. The van der Waals surface area contributed by atoms with Crippen LogP contribution >= 0.6 is 11.3 Å². The number of carbonyl (C=O) groups excluding carboxylic acids is 3. The minimum Gasteiger partial charge on any atom is -0.462 e. The fourth-order valence-corrected chi connectivity index (χ4v) is 4.62. The van der Waals surface area contributed by atoms with Crippen LogP contribution in [-0.2, 0) is 31.9 Å². The lowest BCUT2D eigenvalue weighted by molar-refractivity contribution is -0.384. The number of carbonyl (C=O) groups is 3. The molecule has 0 saturated heterocycles. The lowest BCUT2D eigenvalue weighted by atomic mass is 9.95. The first-order chi connectivity index (χ1) is 15.4. The first-order valence-electron chi connectivity index (χ1n) is 10.1. The predicted molar refractivity (Wildman–Crippen MR) is 119 cm³/mol. The lowest BCUT2D eigenvalue weighted by Gasteiger charge is -2.12. The molecule has 0 bridgehead atoms. The molecule has 0 fully saturated rings. The van der Waals surface area contributed by atoms with Crippen LogP contribution in [0.15, 0.2) is 30.3 Å². The first kappa shape index (κ1) is 23.1. The standard InChI is InChI=1S/C22H22N2O7S/c1-2-30-22(27)20-16-8-3-4-9-17(16)32-21(20)23-18(25)13-31-19(26)11-10-14-6-5-7-15(12-14)24(28)29/h5-7,10-12H,2-4,8-9,13H2,1H3,(H,23,25). The summed E-state index contributed by atoms with van der Waals surface area (Å²) in [6.07, 6.45) is 6.04. The summed E-state index contributed by atoms with van der Waals surface area (Å²) in [5, 5.41) is 13.9. The van der Waals surface area contributed by atoms with Crippen LogP contribution < -0.4 is 5.32 Å². The van der Waals surface area contributed by atoms with E-state index in [0.717, 1.165) is 42.2 Å². The monoisotopic (exact) mass is 458 g/mol. The van der Waals surface area contributed by atoms with Crippen molar-refractivity contribution >= 4 is 45.9 Å². The minimum absolute atomic E-state index is 0.101. The molecule has 1 aliphatic rings. The number of rotatable bonds is 8. The van der Waals surface area contributed by atoms with Crippen LogP contribution in [-0.4, -0.2) is 36.0 Å². The maximum absolute atomic E-state index is 12.4. The summed E-state index contributed by atoms with van der Waals surface area (Å²) in [5.74, 6) is -1.83. The zero-order chi connectivity index (χ0) is 23.1. The van der Waals surface area contributed by atoms with Gasteiger partial charge in [0.05, 0.1) is 17.1 Å². The molecule has 0 spiro atoms. The Hall–Kier alpha value is -3.53. The van der Waals surface area contributed by atoms with E-state index < -0.39 is 29.4 Å². The Morgan fingerprint density at radius 1 is 1.22 bits per heavy atom. The first-order valence-corrected chi connectivity index (χ1v) is 10.9. The third kappa shape index (κ3) is 5.79.